The first kappa shape index (κ1) is 11.0. The van der Waals surface area contributed by atoms with Crippen molar-refractivity contribution in [3.8, 4) is 6.07 Å². The van der Waals surface area contributed by atoms with Crippen LogP contribution in [0.1, 0.15) is 16.9 Å². The molecule has 1 aromatic heterocycles. The van der Waals surface area contributed by atoms with E-state index in [-0.39, 0.29) is 6.61 Å². The summed E-state index contributed by atoms with van der Waals surface area (Å²) in [6, 6.07) is 12.9. The number of furan rings is 1. The fourth-order valence-corrected chi connectivity index (χ4v) is 1.32. The molecule has 0 radical (unpaired) electrons. The highest BCUT2D eigenvalue weighted by molar-refractivity contribution is 5.74. The molecule has 0 aliphatic heterocycles. The van der Waals surface area contributed by atoms with Gasteiger partial charge in [0, 0.05) is 5.56 Å². The third-order valence-corrected chi connectivity index (χ3v) is 2.16. The van der Waals surface area contributed by atoms with Crippen molar-refractivity contribution in [3.63, 3.8) is 0 Å². The zero-order valence-electron chi connectivity index (χ0n) is 9.04. The second-order valence-electron chi connectivity index (χ2n) is 3.29. The van der Waals surface area contributed by atoms with Crippen molar-refractivity contribution in [2.75, 3.05) is 0 Å². The molecule has 0 aliphatic carbocycles. The Kier molecular flexibility index (Phi) is 3.56. The van der Waals surface area contributed by atoms with Crippen molar-refractivity contribution >= 4 is 6.21 Å². The van der Waals surface area contributed by atoms with Crippen molar-refractivity contribution in [2.24, 2.45) is 5.16 Å². The van der Waals surface area contributed by atoms with Gasteiger partial charge in [0.05, 0.1) is 17.9 Å². The highest BCUT2D eigenvalue weighted by atomic mass is 16.6. The summed E-state index contributed by atoms with van der Waals surface area (Å²) in [5.41, 5.74) is 1.41. The predicted molar refractivity (Wildman–Crippen MR) is 62.2 cm³/mol. The lowest BCUT2D eigenvalue weighted by atomic mass is 10.1. The van der Waals surface area contributed by atoms with E-state index < -0.39 is 0 Å². The Hall–Kier alpha value is -2.54. The van der Waals surface area contributed by atoms with Gasteiger partial charge in [-0.2, -0.15) is 5.26 Å². The number of oxime groups is 1. The van der Waals surface area contributed by atoms with Gasteiger partial charge in [0.25, 0.3) is 0 Å². The molecule has 0 atom stereocenters. The molecule has 0 N–H and O–H groups in total. The molecule has 84 valence electrons. The molecule has 0 unspecified atom stereocenters. The summed E-state index contributed by atoms with van der Waals surface area (Å²) in [5, 5.41) is 12.6. The van der Waals surface area contributed by atoms with E-state index >= 15 is 0 Å². The topological polar surface area (TPSA) is 58.5 Å². The van der Waals surface area contributed by atoms with E-state index in [1.807, 2.05) is 18.2 Å². The van der Waals surface area contributed by atoms with Crippen LogP contribution in [0.15, 0.2) is 52.2 Å². The smallest absolute Gasteiger partial charge is 0.148 e. The normalized spacial score (nSPS) is 10.3. The molecule has 2 rings (SSSR count). The number of rotatable bonds is 4. The predicted octanol–water partition coefficient (Wildman–Crippen LogP) is 2.70. The minimum atomic E-state index is 0.265. The van der Waals surface area contributed by atoms with Gasteiger partial charge < -0.3 is 9.25 Å². The van der Waals surface area contributed by atoms with Crippen LogP contribution in [-0.4, -0.2) is 6.21 Å². The Balaban J connectivity index is 1.92. The van der Waals surface area contributed by atoms with E-state index in [0.29, 0.717) is 11.3 Å². The van der Waals surface area contributed by atoms with Crippen molar-refractivity contribution in [2.45, 2.75) is 6.61 Å². The number of benzene rings is 1. The summed E-state index contributed by atoms with van der Waals surface area (Å²) in [6.45, 7) is 0.265. The number of hydrogen-bond acceptors (Lipinski definition) is 4. The molecular formula is C13H10N2O2. The van der Waals surface area contributed by atoms with Gasteiger partial charge in [-0.25, -0.2) is 0 Å². The molecule has 1 aromatic carbocycles. The number of hydrogen-bond donors (Lipinski definition) is 0. The Morgan fingerprint density at radius 1 is 1.29 bits per heavy atom. The van der Waals surface area contributed by atoms with E-state index in [2.05, 4.69) is 11.2 Å². The van der Waals surface area contributed by atoms with E-state index in [1.165, 1.54) is 6.21 Å². The maximum absolute atomic E-state index is 8.87. The van der Waals surface area contributed by atoms with Crippen molar-refractivity contribution in [1.82, 2.24) is 0 Å². The van der Waals surface area contributed by atoms with Crippen LogP contribution in [0.25, 0.3) is 0 Å². The van der Waals surface area contributed by atoms with E-state index in [4.69, 9.17) is 14.5 Å². The second kappa shape index (κ2) is 5.52. The average molecular weight is 226 g/mol. The zero-order valence-corrected chi connectivity index (χ0v) is 9.04. The van der Waals surface area contributed by atoms with Gasteiger partial charge in [0.1, 0.15) is 18.6 Å². The van der Waals surface area contributed by atoms with Crippen LogP contribution < -0.4 is 0 Å². The van der Waals surface area contributed by atoms with Crippen LogP contribution >= 0.6 is 0 Å². The zero-order chi connectivity index (χ0) is 11.9. The number of nitriles is 1. The van der Waals surface area contributed by atoms with E-state index in [9.17, 15) is 0 Å². The molecule has 2 aromatic rings. The van der Waals surface area contributed by atoms with Gasteiger partial charge in [-0.3, -0.25) is 0 Å². The third kappa shape index (κ3) is 2.95. The fourth-order valence-electron chi connectivity index (χ4n) is 1.32. The van der Waals surface area contributed by atoms with Crippen LogP contribution in [0.3, 0.4) is 0 Å². The minimum absolute atomic E-state index is 0.265. The molecule has 0 spiro atoms. The van der Waals surface area contributed by atoms with Crippen molar-refractivity contribution in [3.05, 3.63) is 59.5 Å². The van der Waals surface area contributed by atoms with Crippen LogP contribution in [0.5, 0.6) is 0 Å². The molecule has 0 bridgehead atoms. The Bertz CT molecular complexity index is 539. The maximum atomic E-state index is 8.87. The molecule has 0 fully saturated rings. The third-order valence-electron chi connectivity index (χ3n) is 2.16. The monoisotopic (exact) mass is 226 g/mol. The molecule has 0 saturated heterocycles. The summed E-state index contributed by atoms with van der Waals surface area (Å²) in [7, 11) is 0. The summed E-state index contributed by atoms with van der Waals surface area (Å²) in [5.74, 6) is 0.624. The quantitative estimate of drug-likeness (QED) is 0.594. The SMILES string of the molecule is N#Cc1ccccc1CO/N=C\c1ccco1. The van der Waals surface area contributed by atoms with E-state index in [1.54, 1.807) is 24.5 Å². The Labute approximate surface area is 98.7 Å². The molecular weight excluding hydrogens is 216 g/mol. The van der Waals surface area contributed by atoms with E-state index in [0.717, 1.165) is 5.56 Å². The summed E-state index contributed by atoms with van der Waals surface area (Å²) >= 11 is 0. The molecule has 4 nitrogen and oxygen atoms in total. The van der Waals surface area contributed by atoms with Gasteiger partial charge in [0.15, 0.2) is 0 Å². The molecule has 17 heavy (non-hydrogen) atoms. The van der Waals surface area contributed by atoms with Crippen LogP contribution in [0.2, 0.25) is 0 Å². The summed E-state index contributed by atoms with van der Waals surface area (Å²) < 4.78 is 5.05. The first-order valence-corrected chi connectivity index (χ1v) is 5.07. The van der Waals surface area contributed by atoms with Crippen molar-refractivity contribution in [1.29, 1.82) is 5.26 Å². The second-order valence-corrected chi connectivity index (χ2v) is 3.29. The van der Waals surface area contributed by atoms with Crippen LogP contribution in [0, 0.1) is 11.3 Å². The minimum Gasteiger partial charge on any atom is -0.463 e. The number of nitrogens with zero attached hydrogens (tertiary/aromatic N) is 2. The van der Waals surface area contributed by atoms with Crippen LogP contribution in [-0.2, 0) is 11.4 Å². The van der Waals surface area contributed by atoms with Crippen LogP contribution in [0.4, 0.5) is 0 Å². The first-order valence-electron chi connectivity index (χ1n) is 5.07. The lowest BCUT2D eigenvalue weighted by Gasteiger charge is -2.00. The van der Waals surface area contributed by atoms with Gasteiger partial charge in [-0.15, -0.1) is 0 Å². The highest BCUT2D eigenvalue weighted by Crippen LogP contribution is 2.08. The van der Waals surface area contributed by atoms with Gasteiger partial charge in [-0.05, 0) is 18.2 Å². The summed E-state index contributed by atoms with van der Waals surface area (Å²) in [4.78, 5) is 5.09. The maximum Gasteiger partial charge on any atom is 0.148 e. The average Bonchev–Trinajstić information content (AvgIpc) is 2.88. The molecule has 4 heteroatoms. The first-order chi connectivity index (χ1) is 8.40. The highest BCUT2D eigenvalue weighted by Gasteiger charge is 1.99. The molecule has 0 aliphatic rings. The summed E-state index contributed by atoms with van der Waals surface area (Å²) in [6.07, 6.45) is 3.04. The Morgan fingerprint density at radius 3 is 2.94 bits per heavy atom. The largest absolute Gasteiger partial charge is 0.463 e. The lowest BCUT2D eigenvalue weighted by Crippen LogP contribution is -1.91. The van der Waals surface area contributed by atoms with Gasteiger partial charge >= 0.3 is 0 Å². The Morgan fingerprint density at radius 2 is 2.18 bits per heavy atom. The molecule has 0 saturated carbocycles. The molecule has 1 heterocycles. The van der Waals surface area contributed by atoms with Gasteiger partial charge in [0.2, 0.25) is 0 Å². The lowest BCUT2D eigenvalue weighted by molar-refractivity contribution is 0.131. The van der Waals surface area contributed by atoms with Crippen molar-refractivity contribution < 1.29 is 9.25 Å². The van der Waals surface area contributed by atoms with Gasteiger partial charge in [-0.1, -0.05) is 23.4 Å². The fraction of sp³-hybridized carbons (Fsp3) is 0.0769. The standard InChI is InChI=1S/C13H10N2O2/c14-8-11-4-1-2-5-12(11)10-17-15-9-13-6-3-7-16-13/h1-7,9H,10H2/b15-9-. The molecule has 0 amide bonds.